The molecule has 2 aromatic carbocycles. The molecule has 0 unspecified atom stereocenters. The van der Waals surface area contributed by atoms with E-state index < -0.39 is 0 Å². The summed E-state index contributed by atoms with van der Waals surface area (Å²) < 4.78 is 0. The van der Waals surface area contributed by atoms with Gasteiger partial charge in [-0.25, -0.2) is 0 Å². The monoisotopic (exact) mass is 407 g/mol. The second-order valence-corrected chi connectivity index (χ2v) is 8.62. The summed E-state index contributed by atoms with van der Waals surface area (Å²) in [6.45, 7) is 4.21. The summed E-state index contributed by atoms with van der Waals surface area (Å²) in [5.74, 6) is -0.0173. The second kappa shape index (κ2) is 9.90. The fraction of sp³-hybridized carbons (Fsp3) is 0.440. The lowest BCUT2D eigenvalue weighted by molar-refractivity contribution is -0.134. The minimum Gasteiger partial charge on any atom is -0.345 e. The van der Waals surface area contributed by atoms with Gasteiger partial charge < -0.3 is 14.7 Å². The van der Waals surface area contributed by atoms with Gasteiger partial charge in [0.05, 0.1) is 5.92 Å². The smallest absolute Gasteiger partial charge is 0.227 e. The first-order chi connectivity index (χ1) is 14.3. The van der Waals surface area contributed by atoms with E-state index in [1.807, 2.05) is 49.1 Å². The Labute approximate surface area is 180 Å². The van der Waals surface area contributed by atoms with Crippen LogP contribution in [-0.2, 0) is 22.6 Å². The van der Waals surface area contributed by atoms with E-state index in [2.05, 4.69) is 41.3 Å². The van der Waals surface area contributed by atoms with E-state index in [0.717, 1.165) is 18.5 Å². The number of carbonyl (C=O) groups is 2. The maximum atomic E-state index is 13.4. The summed E-state index contributed by atoms with van der Waals surface area (Å²) >= 11 is 0. The van der Waals surface area contributed by atoms with Crippen LogP contribution in [0.15, 0.2) is 54.6 Å². The van der Waals surface area contributed by atoms with Crippen molar-refractivity contribution in [3.63, 3.8) is 0 Å². The van der Waals surface area contributed by atoms with Gasteiger partial charge in [-0.3, -0.25) is 9.59 Å². The highest BCUT2D eigenvalue weighted by molar-refractivity contribution is 5.82. The van der Waals surface area contributed by atoms with Crippen molar-refractivity contribution in [2.75, 3.05) is 40.8 Å². The molecule has 2 atom stereocenters. The van der Waals surface area contributed by atoms with Crippen LogP contribution in [0.4, 0.5) is 0 Å². The fourth-order valence-corrected chi connectivity index (χ4v) is 4.27. The molecule has 0 N–H and O–H groups in total. The average molecular weight is 408 g/mol. The summed E-state index contributed by atoms with van der Waals surface area (Å²) in [6.07, 6.45) is 0.829. The number of rotatable bonds is 7. The number of carbonyl (C=O) groups excluding carboxylic acids is 2. The second-order valence-electron chi connectivity index (χ2n) is 8.62. The Morgan fingerprint density at radius 1 is 0.967 bits per heavy atom. The van der Waals surface area contributed by atoms with E-state index in [1.165, 1.54) is 11.1 Å². The first-order valence-electron chi connectivity index (χ1n) is 10.6. The van der Waals surface area contributed by atoms with Crippen LogP contribution in [0.1, 0.15) is 29.5 Å². The highest BCUT2D eigenvalue weighted by Gasteiger charge is 2.40. The molecule has 2 amide bonds. The van der Waals surface area contributed by atoms with Gasteiger partial charge in [0, 0.05) is 46.1 Å². The van der Waals surface area contributed by atoms with Crippen LogP contribution >= 0.6 is 0 Å². The zero-order chi connectivity index (χ0) is 21.7. The van der Waals surface area contributed by atoms with Crippen LogP contribution in [0.2, 0.25) is 0 Å². The molecule has 3 rings (SSSR count). The van der Waals surface area contributed by atoms with Crippen LogP contribution in [0.5, 0.6) is 0 Å². The molecule has 1 aliphatic rings. The molecule has 1 fully saturated rings. The van der Waals surface area contributed by atoms with Crippen molar-refractivity contribution in [3.8, 4) is 0 Å². The number of benzene rings is 2. The van der Waals surface area contributed by atoms with Crippen LogP contribution < -0.4 is 0 Å². The highest BCUT2D eigenvalue weighted by Crippen LogP contribution is 2.34. The molecule has 1 aliphatic heterocycles. The summed E-state index contributed by atoms with van der Waals surface area (Å²) in [7, 11) is 5.97. The van der Waals surface area contributed by atoms with Crippen molar-refractivity contribution in [2.24, 2.45) is 5.92 Å². The largest absolute Gasteiger partial charge is 0.345 e. The third kappa shape index (κ3) is 5.48. The Hall–Kier alpha value is -2.66. The Balaban J connectivity index is 1.76. The van der Waals surface area contributed by atoms with E-state index in [9.17, 15) is 9.59 Å². The quantitative estimate of drug-likeness (QED) is 0.709. The van der Waals surface area contributed by atoms with Crippen LogP contribution in [-0.4, -0.2) is 67.3 Å². The topological polar surface area (TPSA) is 43.9 Å². The minimum atomic E-state index is -0.204. The zero-order valence-electron chi connectivity index (χ0n) is 18.5. The molecule has 1 saturated heterocycles. The van der Waals surface area contributed by atoms with Gasteiger partial charge in [-0.05, 0) is 37.2 Å². The van der Waals surface area contributed by atoms with Crippen LogP contribution in [0.3, 0.4) is 0 Å². The third-order valence-corrected chi connectivity index (χ3v) is 5.92. The minimum absolute atomic E-state index is 0.0303. The standard InChI is InChI=1S/C25H33N3O2/c1-19(29)28-17-23(22-12-8-11-21(15-22)16-26(2)3)24(18-28)25(30)27(4)14-13-20-9-6-5-7-10-20/h5-12,15,23-24H,13-14,16-18H2,1-4H3/t23-,24+/m1/s1. The van der Waals surface area contributed by atoms with Gasteiger partial charge in [-0.15, -0.1) is 0 Å². The Morgan fingerprint density at radius 2 is 1.67 bits per heavy atom. The molecule has 0 aliphatic carbocycles. The summed E-state index contributed by atoms with van der Waals surface area (Å²) in [4.78, 5) is 31.2. The van der Waals surface area contributed by atoms with Crippen molar-refractivity contribution >= 4 is 11.8 Å². The molecule has 5 nitrogen and oxygen atoms in total. The van der Waals surface area contributed by atoms with Crippen molar-refractivity contribution in [1.29, 1.82) is 0 Å². The van der Waals surface area contributed by atoms with Crippen molar-refractivity contribution in [1.82, 2.24) is 14.7 Å². The lowest BCUT2D eigenvalue weighted by Crippen LogP contribution is -2.37. The van der Waals surface area contributed by atoms with Gasteiger partial charge >= 0.3 is 0 Å². The molecule has 1 heterocycles. The third-order valence-electron chi connectivity index (χ3n) is 5.92. The van der Waals surface area contributed by atoms with E-state index in [4.69, 9.17) is 0 Å². The lowest BCUT2D eigenvalue weighted by atomic mass is 9.87. The van der Waals surface area contributed by atoms with Gasteiger partial charge in [-0.1, -0.05) is 54.6 Å². The molecule has 0 saturated carbocycles. The molecule has 2 aromatic rings. The highest BCUT2D eigenvalue weighted by atomic mass is 16.2. The maximum absolute atomic E-state index is 13.4. The number of amides is 2. The Kier molecular flexibility index (Phi) is 7.27. The number of likely N-dealkylation sites (N-methyl/N-ethyl adjacent to an activating group) is 1. The molecular weight excluding hydrogens is 374 g/mol. The lowest BCUT2D eigenvalue weighted by Gasteiger charge is -2.25. The first kappa shape index (κ1) is 22.0. The SMILES string of the molecule is CC(=O)N1C[C@H](C(=O)N(C)CCc2ccccc2)[C@@H](c2cccc(CN(C)C)c2)C1. The van der Waals surface area contributed by atoms with Gasteiger partial charge in [-0.2, -0.15) is 0 Å². The summed E-state index contributed by atoms with van der Waals surface area (Å²) in [5, 5.41) is 0. The molecule has 0 bridgehead atoms. The van der Waals surface area contributed by atoms with E-state index in [0.29, 0.717) is 19.6 Å². The van der Waals surface area contributed by atoms with E-state index >= 15 is 0 Å². The predicted octanol–water partition coefficient (Wildman–Crippen LogP) is 3.01. The van der Waals surface area contributed by atoms with E-state index in [-0.39, 0.29) is 23.7 Å². The average Bonchev–Trinajstić information content (AvgIpc) is 3.18. The molecular formula is C25H33N3O2. The molecule has 0 spiro atoms. The predicted molar refractivity (Wildman–Crippen MR) is 120 cm³/mol. The molecule has 5 heteroatoms. The number of likely N-dealkylation sites (tertiary alicyclic amines) is 1. The number of hydrogen-bond donors (Lipinski definition) is 0. The van der Waals surface area contributed by atoms with Gasteiger partial charge in [0.15, 0.2) is 0 Å². The molecule has 0 aromatic heterocycles. The van der Waals surface area contributed by atoms with Crippen LogP contribution in [0, 0.1) is 5.92 Å². The molecule has 160 valence electrons. The van der Waals surface area contributed by atoms with Crippen molar-refractivity contribution in [2.45, 2.75) is 25.8 Å². The maximum Gasteiger partial charge on any atom is 0.227 e. The number of nitrogens with zero attached hydrogens (tertiary/aromatic N) is 3. The Bertz CT molecular complexity index is 866. The number of hydrogen-bond acceptors (Lipinski definition) is 3. The van der Waals surface area contributed by atoms with Crippen LogP contribution in [0.25, 0.3) is 0 Å². The molecule has 0 radical (unpaired) electrons. The van der Waals surface area contributed by atoms with Gasteiger partial charge in [0.25, 0.3) is 0 Å². The van der Waals surface area contributed by atoms with Crippen molar-refractivity contribution < 1.29 is 9.59 Å². The summed E-state index contributed by atoms with van der Waals surface area (Å²) in [6, 6.07) is 18.7. The molecule has 30 heavy (non-hydrogen) atoms. The zero-order valence-corrected chi connectivity index (χ0v) is 18.5. The normalized spacial score (nSPS) is 18.6. The van der Waals surface area contributed by atoms with Gasteiger partial charge in [0.1, 0.15) is 0 Å². The van der Waals surface area contributed by atoms with E-state index in [1.54, 1.807) is 6.92 Å². The first-order valence-corrected chi connectivity index (χ1v) is 10.6. The van der Waals surface area contributed by atoms with Crippen molar-refractivity contribution in [3.05, 3.63) is 71.3 Å². The summed E-state index contributed by atoms with van der Waals surface area (Å²) in [5.41, 5.74) is 3.59. The Morgan fingerprint density at radius 3 is 2.33 bits per heavy atom. The fourth-order valence-electron chi connectivity index (χ4n) is 4.27. The van der Waals surface area contributed by atoms with Gasteiger partial charge in [0.2, 0.25) is 11.8 Å².